The second-order valence-corrected chi connectivity index (χ2v) is 9.13. The largest absolute Gasteiger partial charge is 0.491 e. The molecule has 0 aromatic heterocycles. The number of rotatable bonds is 7. The molecule has 2 rings (SSSR count). The molecule has 1 fully saturated rings. The van der Waals surface area contributed by atoms with Crippen LogP contribution in [0.5, 0.6) is 5.75 Å². The molecule has 1 aliphatic heterocycles. The van der Waals surface area contributed by atoms with E-state index < -0.39 is 9.84 Å². The summed E-state index contributed by atoms with van der Waals surface area (Å²) in [6.45, 7) is 5.15. The Morgan fingerprint density at radius 1 is 1.28 bits per heavy atom. The molecule has 1 amide bonds. The second kappa shape index (κ2) is 8.19. The summed E-state index contributed by atoms with van der Waals surface area (Å²) in [5, 5.41) is 0. The Kier molecular flexibility index (Phi) is 6.46. The minimum Gasteiger partial charge on any atom is -0.491 e. The first-order valence-corrected chi connectivity index (χ1v) is 10.3. The number of benzene rings is 1. The first kappa shape index (κ1) is 19.7. The maximum atomic E-state index is 12.3. The highest BCUT2D eigenvalue weighted by Crippen LogP contribution is 2.19. The molecule has 0 radical (unpaired) electrons. The van der Waals surface area contributed by atoms with E-state index in [4.69, 9.17) is 4.74 Å². The number of amides is 1. The fraction of sp³-hybridized carbons (Fsp3) is 0.611. The topological polar surface area (TPSA) is 66.9 Å². The van der Waals surface area contributed by atoms with Crippen molar-refractivity contribution < 1.29 is 17.9 Å². The van der Waals surface area contributed by atoms with Gasteiger partial charge in [-0.2, -0.15) is 0 Å². The zero-order chi connectivity index (χ0) is 18.6. The van der Waals surface area contributed by atoms with Crippen LogP contribution in [0.15, 0.2) is 18.2 Å². The summed E-state index contributed by atoms with van der Waals surface area (Å²) in [5.74, 6) is 1.18. The maximum Gasteiger partial charge on any atom is 0.236 e. The van der Waals surface area contributed by atoms with Crippen LogP contribution in [0.25, 0.3) is 0 Å². The van der Waals surface area contributed by atoms with E-state index in [9.17, 15) is 13.2 Å². The number of carbonyl (C=O) groups is 1. The maximum absolute atomic E-state index is 12.3. The van der Waals surface area contributed by atoms with Crippen LogP contribution in [0.3, 0.4) is 0 Å². The molecule has 0 N–H and O–H groups in total. The molecule has 1 aromatic carbocycles. The van der Waals surface area contributed by atoms with E-state index in [1.165, 1.54) is 0 Å². The van der Waals surface area contributed by atoms with Crippen LogP contribution >= 0.6 is 0 Å². The summed E-state index contributed by atoms with van der Waals surface area (Å²) in [6, 6.07) is 5.99. The Hall–Kier alpha value is -1.60. The van der Waals surface area contributed by atoms with Gasteiger partial charge in [-0.1, -0.05) is 12.1 Å². The van der Waals surface area contributed by atoms with Crippen molar-refractivity contribution in [2.75, 3.05) is 45.3 Å². The molecule has 1 saturated heterocycles. The van der Waals surface area contributed by atoms with Gasteiger partial charge in [-0.05, 0) is 44.5 Å². The highest BCUT2D eigenvalue weighted by atomic mass is 32.2. The molecular formula is C18H28N2O4S. The standard InChI is InChI=1S/C18H28N2O4S/c1-14-5-6-15(2)17(11-14)24-9-8-19(3)18(21)12-20(4)16-7-10-25(22,23)13-16/h5-6,11,16H,7-10,12-13H2,1-4H3/t16-/m0/s1. The van der Waals surface area contributed by atoms with Gasteiger partial charge in [-0.25, -0.2) is 8.42 Å². The summed E-state index contributed by atoms with van der Waals surface area (Å²) in [6.07, 6.45) is 0.603. The highest BCUT2D eigenvalue weighted by molar-refractivity contribution is 7.91. The Morgan fingerprint density at radius 3 is 2.64 bits per heavy atom. The smallest absolute Gasteiger partial charge is 0.236 e. The molecule has 1 atom stereocenters. The van der Waals surface area contributed by atoms with E-state index in [1.807, 2.05) is 44.0 Å². The third-order valence-corrected chi connectivity index (χ3v) is 6.42. The lowest BCUT2D eigenvalue weighted by Crippen LogP contribution is -2.42. The summed E-state index contributed by atoms with van der Waals surface area (Å²) < 4.78 is 28.9. The van der Waals surface area contributed by atoms with Crippen LogP contribution in [0.4, 0.5) is 0 Å². The molecule has 1 aromatic rings. The molecule has 0 saturated carbocycles. The number of likely N-dealkylation sites (N-methyl/N-ethyl adjacent to an activating group) is 2. The summed E-state index contributed by atoms with van der Waals surface area (Å²) in [4.78, 5) is 15.8. The van der Waals surface area contributed by atoms with E-state index in [0.717, 1.165) is 16.9 Å². The van der Waals surface area contributed by atoms with Crippen molar-refractivity contribution in [2.45, 2.75) is 26.3 Å². The van der Waals surface area contributed by atoms with Crippen molar-refractivity contribution in [1.82, 2.24) is 9.80 Å². The van der Waals surface area contributed by atoms with Gasteiger partial charge in [0.25, 0.3) is 0 Å². The number of carbonyl (C=O) groups excluding carboxylic acids is 1. The van der Waals surface area contributed by atoms with Gasteiger partial charge < -0.3 is 9.64 Å². The first-order chi connectivity index (χ1) is 11.7. The van der Waals surface area contributed by atoms with E-state index in [1.54, 1.807) is 11.9 Å². The monoisotopic (exact) mass is 368 g/mol. The van der Waals surface area contributed by atoms with Crippen molar-refractivity contribution in [3.63, 3.8) is 0 Å². The molecule has 25 heavy (non-hydrogen) atoms. The quantitative estimate of drug-likeness (QED) is 0.725. The fourth-order valence-corrected chi connectivity index (χ4v) is 4.67. The SMILES string of the molecule is Cc1ccc(C)c(OCCN(C)C(=O)CN(C)[C@H]2CCS(=O)(=O)C2)c1. The number of hydrogen-bond donors (Lipinski definition) is 0. The van der Waals surface area contributed by atoms with Crippen molar-refractivity contribution in [3.8, 4) is 5.75 Å². The van der Waals surface area contributed by atoms with E-state index in [0.29, 0.717) is 19.6 Å². The lowest BCUT2D eigenvalue weighted by atomic mass is 10.1. The number of aryl methyl sites for hydroxylation is 2. The van der Waals surface area contributed by atoms with Gasteiger partial charge in [0.2, 0.25) is 5.91 Å². The minimum absolute atomic E-state index is 0.0311. The van der Waals surface area contributed by atoms with Crippen LogP contribution < -0.4 is 4.74 Å². The number of nitrogens with zero attached hydrogens (tertiary/aromatic N) is 2. The van der Waals surface area contributed by atoms with Crippen molar-refractivity contribution in [2.24, 2.45) is 0 Å². The van der Waals surface area contributed by atoms with Crippen molar-refractivity contribution in [1.29, 1.82) is 0 Å². The molecule has 0 bridgehead atoms. The van der Waals surface area contributed by atoms with Gasteiger partial charge in [0.05, 0.1) is 24.6 Å². The Labute approximate surface area is 150 Å². The first-order valence-electron chi connectivity index (χ1n) is 8.52. The minimum atomic E-state index is -2.94. The molecule has 0 aliphatic carbocycles. The predicted octanol–water partition coefficient (Wildman–Crippen LogP) is 1.26. The third-order valence-electron chi connectivity index (χ3n) is 4.67. The number of sulfone groups is 1. The van der Waals surface area contributed by atoms with Gasteiger partial charge in [-0.3, -0.25) is 9.69 Å². The van der Waals surface area contributed by atoms with Crippen LogP contribution in [0, 0.1) is 13.8 Å². The lowest BCUT2D eigenvalue weighted by Gasteiger charge is -2.25. The Balaban J connectivity index is 1.77. The molecule has 1 heterocycles. The zero-order valence-electron chi connectivity index (χ0n) is 15.5. The zero-order valence-corrected chi connectivity index (χ0v) is 16.3. The van der Waals surface area contributed by atoms with Crippen LogP contribution in [0.2, 0.25) is 0 Å². The number of ether oxygens (including phenoxy) is 1. The average Bonchev–Trinajstić information content (AvgIpc) is 2.90. The van der Waals surface area contributed by atoms with Crippen LogP contribution in [-0.2, 0) is 14.6 Å². The van der Waals surface area contributed by atoms with E-state index in [2.05, 4.69) is 0 Å². The predicted molar refractivity (Wildman–Crippen MR) is 98.7 cm³/mol. The molecular weight excluding hydrogens is 340 g/mol. The average molecular weight is 368 g/mol. The van der Waals surface area contributed by atoms with Crippen LogP contribution in [-0.4, -0.2) is 75.5 Å². The lowest BCUT2D eigenvalue weighted by molar-refractivity contribution is -0.131. The fourth-order valence-electron chi connectivity index (χ4n) is 2.87. The van der Waals surface area contributed by atoms with Gasteiger partial charge in [-0.15, -0.1) is 0 Å². The van der Waals surface area contributed by atoms with Gasteiger partial charge in [0, 0.05) is 13.1 Å². The highest BCUT2D eigenvalue weighted by Gasteiger charge is 2.31. The second-order valence-electron chi connectivity index (χ2n) is 6.90. The Morgan fingerprint density at radius 2 is 2.00 bits per heavy atom. The van der Waals surface area contributed by atoms with Crippen LogP contribution in [0.1, 0.15) is 17.5 Å². The van der Waals surface area contributed by atoms with Gasteiger partial charge in [0.1, 0.15) is 12.4 Å². The van der Waals surface area contributed by atoms with E-state index in [-0.39, 0.29) is 30.0 Å². The summed E-state index contributed by atoms with van der Waals surface area (Å²) >= 11 is 0. The third kappa shape index (κ3) is 5.71. The van der Waals surface area contributed by atoms with Gasteiger partial charge >= 0.3 is 0 Å². The van der Waals surface area contributed by atoms with E-state index >= 15 is 0 Å². The molecule has 0 spiro atoms. The summed E-state index contributed by atoms with van der Waals surface area (Å²) in [5.41, 5.74) is 2.21. The number of hydrogen-bond acceptors (Lipinski definition) is 5. The molecule has 7 heteroatoms. The summed E-state index contributed by atoms with van der Waals surface area (Å²) in [7, 11) is 0.618. The normalized spacial score (nSPS) is 19.2. The molecule has 0 unspecified atom stereocenters. The van der Waals surface area contributed by atoms with Crippen molar-refractivity contribution in [3.05, 3.63) is 29.3 Å². The molecule has 1 aliphatic rings. The molecule has 6 nitrogen and oxygen atoms in total. The Bertz CT molecular complexity index is 718. The van der Waals surface area contributed by atoms with Crippen molar-refractivity contribution >= 4 is 15.7 Å². The molecule has 140 valence electrons. The van der Waals surface area contributed by atoms with Gasteiger partial charge in [0.15, 0.2) is 9.84 Å².